The summed E-state index contributed by atoms with van der Waals surface area (Å²) < 4.78 is 0. The topological polar surface area (TPSA) is 38.0 Å². The second kappa shape index (κ2) is 5.09. The minimum atomic E-state index is 0.570. The molecule has 2 heteroatoms. The van der Waals surface area contributed by atoms with Crippen molar-refractivity contribution in [2.24, 2.45) is 11.7 Å². The third kappa shape index (κ3) is 2.63. The summed E-state index contributed by atoms with van der Waals surface area (Å²) in [5.41, 5.74) is 11.2. The zero-order valence-corrected chi connectivity index (χ0v) is 11.2. The van der Waals surface area contributed by atoms with Crippen molar-refractivity contribution in [1.82, 2.24) is 0 Å². The van der Waals surface area contributed by atoms with Gasteiger partial charge < -0.3 is 11.1 Å². The Kier molecular flexibility index (Phi) is 3.72. The highest BCUT2D eigenvalue weighted by atomic mass is 14.9. The van der Waals surface area contributed by atoms with E-state index in [2.05, 4.69) is 38.2 Å². The fourth-order valence-electron chi connectivity index (χ4n) is 3.10. The smallest absolute Gasteiger partial charge is 0.0402 e. The quantitative estimate of drug-likeness (QED) is 0.840. The van der Waals surface area contributed by atoms with Crippen LogP contribution in [0.1, 0.15) is 36.0 Å². The third-order valence-corrected chi connectivity index (χ3v) is 3.97. The Bertz CT molecular complexity index is 375. The molecule has 1 fully saturated rings. The van der Waals surface area contributed by atoms with Crippen molar-refractivity contribution in [3.05, 3.63) is 28.8 Å². The molecule has 0 saturated heterocycles. The molecular weight excluding hydrogens is 208 g/mol. The standard InChI is InChI=1S/C15H24N2/c1-10-7-11(2)15(12(3)8-10)17-14-6-4-5-13(14)9-16/h7-8,13-14,17H,4-6,9,16H2,1-3H3. The number of aryl methyl sites for hydroxylation is 3. The molecule has 0 aromatic heterocycles. The van der Waals surface area contributed by atoms with E-state index in [4.69, 9.17) is 5.73 Å². The van der Waals surface area contributed by atoms with Gasteiger partial charge in [0.2, 0.25) is 0 Å². The van der Waals surface area contributed by atoms with Crippen molar-refractivity contribution in [3.63, 3.8) is 0 Å². The molecule has 2 unspecified atom stereocenters. The van der Waals surface area contributed by atoms with Gasteiger partial charge >= 0.3 is 0 Å². The number of hydrogen-bond donors (Lipinski definition) is 2. The lowest BCUT2D eigenvalue weighted by molar-refractivity contribution is 0.516. The van der Waals surface area contributed by atoms with Crippen molar-refractivity contribution in [2.45, 2.75) is 46.1 Å². The summed E-state index contributed by atoms with van der Waals surface area (Å²) >= 11 is 0. The van der Waals surface area contributed by atoms with E-state index in [0.29, 0.717) is 12.0 Å². The molecule has 94 valence electrons. The Hall–Kier alpha value is -1.02. The van der Waals surface area contributed by atoms with Gasteiger partial charge in [0, 0.05) is 11.7 Å². The van der Waals surface area contributed by atoms with Crippen LogP contribution in [0.4, 0.5) is 5.69 Å². The first kappa shape index (κ1) is 12.4. The maximum Gasteiger partial charge on any atom is 0.0402 e. The Morgan fingerprint density at radius 3 is 2.41 bits per heavy atom. The van der Waals surface area contributed by atoms with E-state index in [-0.39, 0.29) is 0 Å². The van der Waals surface area contributed by atoms with Crippen LogP contribution in [0.2, 0.25) is 0 Å². The van der Waals surface area contributed by atoms with Crippen LogP contribution in [0.25, 0.3) is 0 Å². The van der Waals surface area contributed by atoms with E-state index in [1.165, 1.54) is 41.6 Å². The summed E-state index contributed by atoms with van der Waals surface area (Å²) in [6.07, 6.45) is 3.84. The molecule has 0 amide bonds. The zero-order valence-electron chi connectivity index (χ0n) is 11.2. The molecule has 1 aromatic rings. The van der Waals surface area contributed by atoms with Crippen LogP contribution in [-0.2, 0) is 0 Å². The highest BCUT2D eigenvalue weighted by molar-refractivity contribution is 5.58. The van der Waals surface area contributed by atoms with Crippen molar-refractivity contribution in [1.29, 1.82) is 0 Å². The average molecular weight is 232 g/mol. The van der Waals surface area contributed by atoms with Crippen molar-refractivity contribution in [3.8, 4) is 0 Å². The summed E-state index contributed by atoms with van der Waals surface area (Å²) in [5.74, 6) is 0.648. The van der Waals surface area contributed by atoms with Gasteiger partial charge in [-0.15, -0.1) is 0 Å². The lowest BCUT2D eigenvalue weighted by Crippen LogP contribution is -2.30. The fraction of sp³-hybridized carbons (Fsp3) is 0.600. The minimum Gasteiger partial charge on any atom is -0.382 e. The van der Waals surface area contributed by atoms with E-state index in [9.17, 15) is 0 Å². The van der Waals surface area contributed by atoms with Crippen LogP contribution in [-0.4, -0.2) is 12.6 Å². The lowest BCUT2D eigenvalue weighted by atomic mass is 10.0. The van der Waals surface area contributed by atoms with Crippen LogP contribution in [0.5, 0.6) is 0 Å². The normalized spacial score (nSPS) is 24.0. The molecule has 17 heavy (non-hydrogen) atoms. The van der Waals surface area contributed by atoms with Crippen LogP contribution < -0.4 is 11.1 Å². The number of hydrogen-bond acceptors (Lipinski definition) is 2. The molecule has 1 aliphatic rings. The Morgan fingerprint density at radius 1 is 1.18 bits per heavy atom. The van der Waals surface area contributed by atoms with Crippen molar-refractivity contribution >= 4 is 5.69 Å². The monoisotopic (exact) mass is 232 g/mol. The summed E-state index contributed by atoms with van der Waals surface area (Å²) in [6, 6.07) is 5.07. The van der Waals surface area contributed by atoms with E-state index in [1.54, 1.807) is 0 Å². The molecule has 0 radical (unpaired) electrons. The number of benzene rings is 1. The van der Waals surface area contributed by atoms with Gasteiger partial charge in [-0.25, -0.2) is 0 Å². The van der Waals surface area contributed by atoms with Crippen LogP contribution in [0, 0.1) is 26.7 Å². The number of nitrogens with two attached hydrogens (primary N) is 1. The summed E-state index contributed by atoms with van der Waals surface area (Å²) in [4.78, 5) is 0. The first-order valence-electron chi connectivity index (χ1n) is 6.66. The molecule has 1 aliphatic carbocycles. The van der Waals surface area contributed by atoms with Crippen LogP contribution in [0.15, 0.2) is 12.1 Å². The maximum absolute atomic E-state index is 5.84. The highest BCUT2D eigenvalue weighted by Crippen LogP contribution is 2.30. The minimum absolute atomic E-state index is 0.570. The van der Waals surface area contributed by atoms with Gasteiger partial charge in [0.1, 0.15) is 0 Å². The van der Waals surface area contributed by atoms with E-state index < -0.39 is 0 Å². The maximum atomic E-state index is 5.84. The molecule has 0 bridgehead atoms. The number of anilines is 1. The molecule has 1 aromatic carbocycles. The molecule has 2 rings (SSSR count). The fourth-order valence-corrected chi connectivity index (χ4v) is 3.10. The number of nitrogens with one attached hydrogen (secondary N) is 1. The SMILES string of the molecule is Cc1cc(C)c(NC2CCCC2CN)c(C)c1. The summed E-state index contributed by atoms with van der Waals surface area (Å²) in [6.45, 7) is 7.34. The second-order valence-corrected chi connectivity index (χ2v) is 5.45. The van der Waals surface area contributed by atoms with Gasteiger partial charge in [-0.05, 0) is 57.2 Å². The zero-order chi connectivity index (χ0) is 12.4. The first-order chi connectivity index (χ1) is 8.11. The van der Waals surface area contributed by atoms with E-state index >= 15 is 0 Å². The third-order valence-electron chi connectivity index (χ3n) is 3.97. The van der Waals surface area contributed by atoms with Gasteiger partial charge in [0.05, 0.1) is 0 Å². The molecule has 1 saturated carbocycles. The van der Waals surface area contributed by atoms with Gasteiger partial charge in [0.15, 0.2) is 0 Å². The largest absolute Gasteiger partial charge is 0.382 e. The predicted molar refractivity (Wildman–Crippen MR) is 74.5 cm³/mol. The van der Waals surface area contributed by atoms with E-state index in [1.807, 2.05) is 0 Å². The van der Waals surface area contributed by atoms with Gasteiger partial charge in [0.25, 0.3) is 0 Å². The van der Waals surface area contributed by atoms with Crippen LogP contribution in [0.3, 0.4) is 0 Å². The Labute approximate surface area is 105 Å². The molecule has 0 spiro atoms. The average Bonchev–Trinajstić information content (AvgIpc) is 2.70. The van der Waals surface area contributed by atoms with Crippen molar-refractivity contribution in [2.75, 3.05) is 11.9 Å². The van der Waals surface area contributed by atoms with Gasteiger partial charge in [-0.1, -0.05) is 24.1 Å². The second-order valence-electron chi connectivity index (χ2n) is 5.45. The first-order valence-corrected chi connectivity index (χ1v) is 6.66. The molecule has 0 aliphatic heterocycles. The summed E-state index contributed by atoms with van der Waals surface area (Å²) in [7, 11) is 0. The molecule has 2 atom stereocenters. The molecule has 2 nitrogen and oxygen atoms in total. The summed E-state index contributed by atoms with van der Waals surface area (Å²) in [5, 5.41) is 3.73. The Morgan fingerprint density at radius 2 is 1.82 bits per heavy atom. The highest BCUT2D eigenvalue weighted by Gasteiger charge is 2.26. The van der Waals surface area contributed by atoms with Crippen molar-refractivity contribution < 1.29 is 0 Å². The lowest BCUT2D eigenvalue weighted by Gasteiger charge is -2.23. The molecule has 3 N–H and O–H groups in total. The van der Waals surface area contributed by atoms with E-state index in [0.717, 1.165) is 6.54 Å². The van der Waals surface area contributed by atoms with Crippen LogP contribution >= 0.6 is 0 Å². The molecular formula is C15H24N2. The van der Waals surface area contributed by atoms with Gasteiger partial charge in [-0.2, -0.15) is 0 Å². The predicted octanol–water partition coefficient (Wildman–Crippen LogP) is 3.15. The Balaban J connectivity index is 2.18. The van der Waals surface area contributed by atoms with Gasteiger partial charge in [-0.3, -0.25) is 0 Å². The number of rotatable bonds is 3. The molecule has 0 heterocycles.